The molecule has 0 unspecified atom stereocenters. The van der Waals surface area contributed by atoms with E-state index >= 15 is 0 Å². The lowest BCUT2D eigenvalue weighted by atomic mass is 9.92. The van der Waals surface area contributed by atoms with Crippen molar-refractivity contribution in [1.29, 1.82) is 0 Å². The van der Waals surface area contributed by atoms with Crippen LogP contribution >= 0.6 is 0 Å². The van der Waals surface area contributed by atoms with E-state index in [1.54, 1.807) is 0 Å². The Morgan fingerprint density at radius 1 is 1.33 bits per heavy atom. The van der Waals surface area contributed by atoms with Crippen LogP contribution in [0.2, 0.25) is 0 Å². The second-order valence-electron chi connectivity index (χ2n) is 4.39. The van der Waals surface area contributed by atoms with Crippen LogP contribution in [0, 0.1) is 5.92 Å². The number of piperidine rings is 1. The van der Waals surface area contributed by atoms with Crippen molar-refractivity contribution >= 4 is 5.91 Å². The summed E-state index contributed by atoms with van der Waals surface area (Å²) in [6.07, 6.45) is 7.00. The maximum atomic E-state index is 11.0. The molecule has 0 bridgehead atoms. The van der Waals surface area contributed by atoms with Gasteiger partial charge in [-0.05, 0) is 38.3 Å². The predicted octanol–water partition coefficient (Wildman–Crippen LogP) is 1.68. The third-order valence-electron chi connectivity index (χ3n) is 3.14. The summed E-state index contributed by atoms with van der Waals surface area (Å²) in [6, 6.07) is 0. The predicted molar refractivity (Wildman–Crippen MR) is 62.7 cm³/mol. The average Bonchev–Trinajstić information content (AvgIpc) is 2.29. The van der Waals surface area contributed by atoms with Crippen LogP contribution in [0.4, 0.5) is 0 Å². The van der Waals surface area contributed by atoms with E-state index in [4.69, 9.17) is 0 Å². The Kier molecular flexibility index (Phi) is 6.41. The SMILES string of the molecule is CCC(=O)NCCCCC1CCNCC1. The Hall–Kier alpha value is -0.570. The Labute approximate surface area is 93.0 Å². The summed E-state index contributed by atoms with van der Waals surface area (Å²) in [4.78, 5) is 11.0. The van der Waals surface area contributed by atoms with E-state index in [-0.39, 0.29) is 5.91 Å². The molecule has 2 N–H and O–H groups in total. The molecule has 1 amide bonds. The Morgan fingerprint density at radius 2 is 2.07 bits per heavy atom. The maximum Gasteiger partial charge on any atom is 0.219 e. The fourth-order valence-corrected chi connectivity index (χ4v) is 2.08. The zero-order valence-electron chi connectivity index (χ0n) is 9.85. The number of unbranched alkanes of at least 4 members (excludes halogenated alkanes) is 1. The second kappa shape index (κ2) is 7.69. The molecule has 0 spiro atoms. The van der Waals surface area contributed by atoms with Crippen molar-refractivity contribution in [3.05, 3.63) is 0 Å². The molecule has 3 heteroatoms. The van der Waals surface area contributed by atoms with Crippen molar-refractivity contribution in [3.8, 4) is 0 Å². The number of hydrogen-bond donors (Lipinski definition) is 2. The molecule has 1 aliphatic heterocycles. The summed E-state index contributed by atoms with van der Waals surface area (Å²) >= 11 is 0. The number of carbonyl (C=O) groups is 1. The first-order chi connectivity index (χ1) is 7.33. The van der Waals surface area contributed by atoms with Gasteiger partial charge in [0.05, 0.1) is 0 Å². The molecule has 0 radical (unpaired) electrons. The van der Waals surface area contributed by atoms with E-state index in [0.717, 1.165) is 18.9 Å². The highest BCUT2D eigenvalue weighted by molar-refractivity contribution is 5.75. The van der Waals surface area contributed by atoms with Gasteiger partial charge < -0.3 is 10.6 Å². The maximum absolute atomic E-state index is 11.0. The van der Waals surface area contributed by atoms with Crippen LogP contribution in [-0.4, -0.2) is 25.5 Å². The second-order valence-corrected chi connectivity index (χ2v) is 4.39. The molecule has 0 aromatic rings. The van der Waals surface area contributed by atoms with Gasteiger partial charge in [0, 0.05) is 13.0 Å². The molecule has 88 valence electrons. The topological polar surface area (TPSA) is 41.1 Å². The number of amides is 1. The van der Waals surface area contributed by atoms with Gasteiger partial charge in [-0.15, -0.1) is 0 Å². The molecule has 0 atom stereocenters. The van der Waals surface area contributed by atoms with Gasteiger partial charge in [0.2, 0.25) is 5.91 Å². The lowest BCUT2D eigenvalue weighted by Crippen LogP contribution is -2.28. The van der Waals surface area contributed by atoms with Gasteiger partial charge in [-0.2, -0.15) is 0 Å². The normalized spacial score (nSPS) is 17.7. The number of nitrogens with one attached hydrogen (secondary N) is 2. The molecule has 1 heterocycles. The molecule has 3 nitrogen and oxygen atoms in total. The number of rotatable bonds is 6. The van der Waals surface area contributed by atoms with Gasteiger partial charge in [-0.1, -0.05) is 19.8 Å². The van der Waals surface area contributed by atoms with Gasteiger partial charge in [0.1, 0.15) is 0 Å². The van der Waals surface area contributed by atoms with Crippen LogP contribution in [-0.2, 0) is 4.79 Å². The van der Waals surface area contributed by atoms with Crippen molar-refractivity contribution in [2.75, 3.05) is 19.6 Å². The average molecular weight is 212 g/mol. The molecule has 1 fully saturated rings. The minimum atomic E-state index is 0.178. The first kappa shape index (κ1) is 12.5. The van der Waals surface area contributed by atoms with Crippen molar-refractivity contribution < 1.29 is 4.79 Å². The molecule has 1 rings (SSSR count). The van der Waals surface area contributed by atoms with E-state index in [0.29, 0.717) is 6.42 Å². The van der Waals surface area contributed by atoms with E-state index in [2.05, 4.69) is 10.6 Å². The van der Waals surface area contributed by atoms with E-state index in [1.807, 2.05) is 6.92 Å². The first-order valence-corrected chi connectivity index (χ1v) is 6.30. The Bertz CT molecular complexity index is 176. The molecule has 0 saturated carbocycles. The smallest absolute Gasteiger partial charge is 0.219 e. The van der Waals surface area contributed by atoms with Crippen LogP contribution < -0.4 is 10.6 Å². The van der Waals surface area contributed by atoms with Crippen LogP contribution in [0.3, 0.4) is 0 Å². The highest BCUT2D eigenvalue weighted by atomic mass is 16.1. The molecular formula is C12H24N2O. The third-order valence-corrected chi connectivity index (χ3v) is 3.14. The summed E-state index contributed by atoms with van der Waals surface area (Å²) < 4.78 is 0. The van der Waals surface area contributed by atoms with Crippen molar-refractivity contribution in [1.82, 2.24) is 10.6 Å². The zero-order chi connectivity index (χ0) is 10.9. The summed E-state index contributed by atoms with van der Waals surface area (Å²) in [5.41, 5.74) is 0. The molecule has 1 saturated heterocycles. The summed E-state index contributed by atoms with van der Waals surface area (Å²) in [5, 5.41) is 6.30. The first-order valence-electron chi connectivity index (χ1n) is 6.30. The van der Waals surface area contributed by atoms with Crippen LogP contribution in [0.1, 0.15) is 45.4 Å². The molecular weight excluding hydrogens is 188 g/mol. The molecule has 0 aliphatic carbocycles. The van der Waals surface area contributed by atoms with Gasteiger partial charge >= 0.3 is 0 Å². The zero-order valence-corrected chi connectivity index (χ0v) is 9.85. The third kappa shape index (κ3) is 5.78. The highest BCUT2D eigenvalue weighted by Crippen LogP contribution is 2.18. The molecule has 1 aliphatic rings. The van der Waals surface area contributed by atoms with Crippen LogP contribution in [0.5, 0.6) is 0 Å². The summed E-state index contributed by atoms with van der Waals surface area (Å²) in [7, 11) is 0. The molecule has 0 aromatic carbocycles. The van der Waals surface area contributed by atoms with Gasteiger partial charge in [0.25, 0.3) is 0 Å². The van der Waals surface area contributed by atoms with E-state index in [9.17, 15) is 4.79 Å². The largest absolute Gasteiger partial charge is 0.356 e. The summed E-state index contributed by atoms with van der Waals surface area (Å²) in [5.74, 6) is 1.10. The minimum Gasteiger partial charge on any atom is -0.356 e. The van der Waals surface area contributed by atoms with E-state index in [1.165, 1.54) is 38.8 Å². The van der Waals surface area contributed by atoms with Crippen molar-refractivity contribution in [3.63, 3.8) is 0 Å². The minimum absolute atomic E-state index is 0.178. The van der Waals surface area contributed by atoms with E-state index < -0.39 is 0 Å². The Balaban J connectivity index is 1.89. The standard InChI is InChI=1S/C12H24N2O/c1-2-12(15)14-8-4-3-5-11-6-9-13-10-7-11/h11,13H,2-10H2,1H3,(H,14,15). The van der Waals surface area contributed by atoms with Gasteiger partial charge in [0.15, 0.2) is 0 Å². The summed E-state index contributed by atoms with van der Waals surface area (Å²) in [6.45, 7) is 5.14. The molecule has 15 heavy (non-hydrogen) atoms. The molecule has 0 aromatic heterocycles. The van der Waals surface area contributed by atoms with Crippen molar-refractivity contribution in [2.45, 2.75) is 45.4 Å². The van der Waals surface area contributed by atoms with Crippen LogP contribution in [0.15, 0.2) is 0 Å². The highest BCUT2D eigenvalue weighted by Gasteiger charge is 2.11. The van der Waals surface area contributed by atoms with Crippen molar-refractivity contribution in [2.24, 2.45) is 5.92 Å². The number of hydrogen-bond acceptors (Lipinski definition) is 2. The van der Waals surface area contributed by atoms with Gasteiger partial charge in [-0.3, -0.25) is 4.79 Å². The monoisotopic (exact) mass is 212 g/mol. The van der Waals surface area contributed by atoms with Gasteiger partial charge in [-0.25, -0.2) is 0 Å². The fraction of sp³-hybridized carbons (Fsp3) is 0.917. The number of carbonyl (C=O) groups excluding carboxylic acids is 1. The lowest BCUT2D eigenvalue weighted by molar-refractivity contribution is -0.120. The fourth-order valence-electron chi connectivity index (χ4n) is 2.08. The quantitative estimate of drug-likeness (QED) is 0.658. The Morgan fingerprint density at radius 3 is 2.73 bits per heavy atom. The lowest BCUT2D eigenvalue weighted by Gasteiger charge is -2.22. The van der Waals surface area contributed by atoms with Crippen LogP contribution in [0.25, 0.3) is 0 Å².